The minimum Gasteiger partial charge on any atom is -0.478 e. The highest BCUT2D eigenvalue weighted by atomic mass is 79.9. The molecule has 0 atom stereocenters. The van der Waals surface area contributed by atoms with Crippen LogP contribution in [0.15, 0.2) is 65.1 Å². The van der Waals surface area contributed by atoms with Crippen LogP contribution in [0.25, 0.3) is 0 Å². The first kappa shape index (κ1) is 21.9. The summed E-state index contributed by atoms with van der Waals surface area (Å²) < 4.78 is 27.2. The Morgan fingerprint density at radius 3 is 2.29 bits per heavy atom. The van der Waals surface area contributed by atoms with Crippen LogP contribution in [0.2, 0.25) is 0 Å². The van der Waals surface area contributed by atoms with Gasteiger partial charge >= 0.3 is 12.0 Å². The second kappa shape index (κ2) is 9.35. The fourth-order valence-corrected chi connectivity index (χ4v) is 2.97. The van der Waals surface area contributed by atoms with Crippen molar-refractivity contribution in [3.63, 3.8) is 0 Å². The lowest BCUT2D eigenvalue weighted by atomic mass is 10.1. The topological polar surface area (TPSA) is 108 Å². The molecule has 0 aliphatic heterocycles. The molecule has 0 bridgehead atoms. The van der Waals surface area contributed by atoms with E-state index in [-0.39, 0.29) is 28.2 Å². The number of carbonyl (C=O) groups excluding carboxylic acids is 2. The molecular weight excluding hydrogens is 476 g/mol. The fraction of sp³-hybridized carbons (Fsp3) is 0. The fourth-order valence-electron chi connectivity index (χ4n) is 2.61. The number of carboxylic acid groups (broad SMARTS) is 1. The average Bonchev–Trinajstić information content (AvgIpc) is 2.71. The predicted molar refractivity (Wildman–Crippen MR) is 114 cm³/mol. The number of amides is 3. The zero-order chi connectivity index (χ0) is 22.5. The van der Waals surface area contributed by atoms with E-state index in [0.29, 0.717) is 10.5 Å². The summed E-state index contributed by atoms with van der Waals surface area (Å²) in [6.45, 7) is 0. The molecule has 3 aromatic carbocycles. The second-order valence-corrected chi connectivity index (χ2v) is 7.15. The molecule has 3 rings (SSSR count). The smallest absolute Gasteiger partial charge is 0.337 e. The summed E-state index contributed by atoms with van der Waals surface area (Å²) in [7, 11) is 0. The summed E-state index contributed by atoms with van der Waals surface area (Å²) >= 11 is 3.18. The molecule has 0 saturated carbocycles. The lowest BCUT2D eigenvalue weighted by Crippen LogP contribution is -2.21. The normalized spacial score (nSPS) is 10.3. The first-order valence-corrected chi connectivity index (χ1v) is 9.49. The van der Waals surface area contributed by atoms with Crippen LogP contribution >= 0.6 is 15.9 Å². The van der Waals surface area contributed by atoms with Gasteiger partial charge in [-0.1, -0.05) is 22.0 Å². The van der Waals surface area contributed by atoms with Crippen LogP contribution in [-0.4, -0.2) is 23.0 Å². The molecule has 4 N–H and O–H groups in total. The van der Waals surface area contributed by atoms with Crippen molar-refractivity contribution in [3.8, 4) is 0 Å². The van der Waals surface area contributed by atoms with Crippen molar-refractivity contribution in [1.82, 2.24) is 0 Å². The average molecular weight is 490 g/mol. The lowest BCUT2D eigenvalue weighted by molar-refractivity contribution is 0.0698. The number of benzene rings is 3. The first-order chi connectivity index (χ1) is 14.7. The molecular formula is C21H14BrF2N3O4. The highest BCUT2D eigenvalue weighted by Crippen LogP contribution is 2.22. The summed E-state index contributed by atoms with van der Waals surface area (Å²) in [5.41, 5.74) is 0.150. The van der Waals surface area contributed by atoms with Crippen molar-refractivity contribution in [2.75, 3.05) is 16.0 Å². The van der Waals surface area contributed by atoms with Gasteiger partial charge in [-0.2, -0.15) is 0 Å². The molecule has 7 nitrogen and oxygen atoms in total. The van der Waals surface area contributed by atoms with E-state index in [9.17, 15) is 28.3 Å². The molecule has 0 radical (unpaired) electrons. The van der Waals surface area contributed by atoms with Crippen molar-refractivity contribution >= 4 is 50.9 Å². The Balaban J connectivity index is 1.72. The van der Waals surface area contributed by atoms with E-state index in [4.69, 9.17) is 0 Å². The number of halogens is 3. The van der Waals surface area contributed by atoms with Gasteiger partial charge in [0.2, 0.25) is 0 Å². The van der Waals surface area contributed by atoms with Crippen molar-refractivity contribution in [3.05, 3.63) is 87.9 Å². The molecule has 0 aliphatic carbocycles. The third-order valence-electron chi connectivity index (χ3n) is 4.02. The number of carboxylic acids is 1. The molecule has 0 unspecified atom stereocenters. The third-order valence-corrected chi connectivity index (χ3v) is 4.52. The molecule has 0 heterocycles. The van der Waals surface area contributed by atoms with Gasteiger partial charge in [0.25, 0.3) is 5.91 Å². The predicted octanol–water partition coefficient (Wildman–Crippen LogP) is 5.32. The van der Waals surface area contributed by atoms with Gasteiger partial charge in [-0.25, -0.2) is 18.4 Å². The maximum Gasteiger partial charge on any atom is 0.337 e. The SMILES string of the molecule is O=C(Nc1cccc(C(=O)Nc2ccc(Br)cc2C(=O)O)c1)Nc1ccc(F)cc1F. The van der Waals surface area contributed by atoms with E-state index in [1.807, 2.05) is 0 Å². The standard InChI is InChI=1S/C21H14BrF2N3O4/c22-12-4-6-17(15(9-12)20(29)30)26-19(28)11-2-1-3-14(8-11)25-21(31)27-18-7-5-13(23)10-16(18)24/h1-10H,(H,26,28)(H,29,30)(H2,25,27,31). The van der Waals surface area contributed by atoms with Gasteiger partial charge in [-0.15, -0.1) is 0 Å². The van der Waals surface area contributed by atoms with Crippen LogP contribution in [0.3, 0.4) is 0 Å². The number of aromatic carboxylic acids is 1. The highest BCUT2D eigenvalue weighted by Gasteiger charge is 2.15. The van der Waals surface area contributed by atoms with Crippen LogP contribution in [0.4, 0.5) is 30.6 Å². The lowest BCUT2D eigenvalue weighted by Gasteiger charge is -2.11. The number of urea groups is 1. The Morgan fingerprint density at radius 1 is 0.839 bits per heavy atom. The quantitative estimate of drug-likeness (QED) is 0.388. The van der Waals surface area contributed by atoms with Crippen molar-refractivity contribution in [2.24, 2.45) is 0 Å². The molecule has 0 saturated heterocycles. The van der Waals surface area contributed by atoms with Gasteiger partial charge in [0.15, 0.2) is 0 Å². The van der Waals surface area contributed by atoms with Crippen LogP contribution in [-0.2, 0) is 0 Å². The van der Waals surface area contributed by atoms with E-state index < -0.39 is 29.5 Å². The first-order valence-electron chi connectivity index (χ1n) is 8.70. The largest absolute Gasteiger partial charge is 0.478 e. The van der Waals surface area contributed by atoms with Crippen molar-refractivity contribution in [2.45, 2.75) is 0 Å². The Bertz CT molecular complexity index is 1190. The van der Waals surface area contributed by atoms with Gasteiger partial charge in [-0.05, 0) is 48.5 Å². The van der Waals surface area contributed by atoms with Crippen LogP contribution in [0.1, 0.15) is 20.7 Å². The van der Waals surface area contributed by atoms with Crippen LogP contribution in [0.5, 0.6) is 0 Å². The molecule has 0 fully saturated rings. The monoisotopic (exact) mass is 489 g/mol. The summed E-state index contributed by atoms with van der Waals surface area (Å²) in [4.78, 5) is 36.0. The molecule has 0 aliphatic rings. The minimum atomic E-state index is -1.21. The van der Waals surface area contributed by atoms with Crippen LogP contribution in [0, 0.1) is 11.6 Å². The summed E-state index contributed by atoms with van der Waals surface area (Å²) in [5.74, 6) is -3.53. The van der Waals surface area contributed by atoms with Crippen LogP contribution < -0.4 is 16.0 Å². The van der Waals surface area contributed by atoms with E-state index in [0.717, 1.165) is 12.1 Å². The minimum absolute atomic E-state index is 0.0993. The number of carbonyl (C=O) groups is 3. The Morgan fingerprint density at radius 2 is 1.58 bits per heavy atom. The number of hydrogen-bond donors (Lipinski definition) is 4. The Hall–Kier alpha value is -3.79. The van der Waals surface area contributed by atoms with Crippen molar-refractivity contribution in [1.29, 1.82) is 0 Å². The van der Waals surface area contributed by atoms with E-state index >= 15 is 0 Å². The second-order valence-electron chi connectivity index (χ2n) is 6.23. The maximum absolute atomic E-state index is 13.7. The maximum atomic E-state index is 13.7. The molecule has 0 aromatic heterocycles. The molecule has 10 heteroatoms. The molecule has 0 spiro atoms. The Kier molecular flexibility index (Phi) is 6.61. The highest BCUT2D eigenvalue weighted by molar-refractivity contribution is 9.10. The molecule has 158 valence electrons. The number of nitrogens with one attached hydrogen (secondary N) is 3. The zero-order valence-corrected chi connectivity index (χ0v) is 17.2. The third kappa shape index (κ3) is 5.64. The summed E-state index contributed by atoms with van der Waals surface area (Å²) in [6, 6.07) is 12.1. The van der Waals surface area contributed by atoms with Gasteiger partial charge in [0.05, 0.1) is 16.9 Å². The van der Waals surface area contributed by atoms with Gasteiger partial charge in [0.1, 0.15) is 11.6 Å². The van der Waals surface area contributed by atoms with E-state index in [1.165, 1.54) is 36.4 Å². The number of hydrogen-bond acceptors (Lipinski definition) is 3. The number of anilines is 3. The summed E-state index contributed by atoms with van der Waals surface area (Å²) in [5, 5.41) is 16.5. The van der Waals surface area contributed by atoms with E-state index in [2.05, 4.69) is 31.9 Å². The molecule has 31 heavy (non-hydrogen) atoms. The van der Waals surface area contributed by atoms with Gasteiger partial charge < -0.3 is 21.1 Å². The summed E-state index contributed by atoms with van der Waals surface area (Å²) in [6.07, 6.45) is 0. The molecule has 3 aromatic rings. The zero-order valence-electron chi connectivity index (χ0n) is 15.6. The van der Waals surface area contributed by atoms with E-state index in [1.54, 1.807) is 6.07 Å². The number of rotatable bonds is 5. The Labute approximate surface area is 183 Å². The van der Waals surface area contributed by atoms with Crippen molar-refractivity contribution < 1.29 is 28.3 Å². The molecule has 3 amide bonds. The van der Waals surface area contributed by atoms with Gasteiger partial charge in [0, 0.05) is 21.8 Å². The van der Waals surface area contributed by atoms with Gasteiger partial charge in [-0.3, -0.25) is 4.79 Å².